The molecule has 0 unspecified atom stereocenters. The molecule has 0 aliphatic rings. The monoisotopic (exact) mass is 492 g/mol. The van der Waals surface area contributed by atoms with Crippen LogP contribution in [-0.4, -0.2) is 45.3 Å². The number of rotatable bonds is 11. The molecule has 0 aliphatic carbocycles. The zero-order valence-electron chi connectivity index (χ0n) is 19.7. The van der Waals surface area contributed by atoms with Crippen LogP contribution in [0.3, 0.4) is 0 Å². The third-order valence-electron chi connectivity index (χ3n) is 5.43. The molecule has 2 aromatic heterocycles. The molecular formula is C24H28N8O2S. The van der Waals surface area contributed by atoms with Crippen molar-refractivity contribution in [3.05, 3.63) is 71.7 Å². The topological polar surface area (TPSA) is 138 Å². The van der Waals surface area contributed by atoms with Gasteiger partial charge in [0.2, 0.25) is 15.8 Å². The molecule has 4 rings (SSSR count). The van der Waals surface area contributed by atoms with E-state index in [2.05, 4.69) is 59.7 Å². The molecule has 182 valence electrons. The van der Waals surface area contributed by atoms with Gasteiger partial charge in [-0.25, -0.2) is 23.1 Å². The second-order valence-corrected chi connectivity index (χ2v) is 10.0. The number of aryl methyl sites for hydroxylation is 1. The molecule has 0 saturated heterocycles. The molecule has 0 fully saturated rings. The van der Waals surface area contributed by atoms with Crippen LogP contribution in [0.1, 0.15) is 36.7 Å². The predicted octanol–water partition coefficient (Wildman–Crippen LogP) is 3.33. The summed E-state index contributed by atoms with van der Waals surface area (Å²) in [5.74, 6) is 1.92. The highest BCUT2D eigenvalue weighted by atomic mass is 32.2. The van der Waals surface area contributed by atoms with Crippen molar-refractivity contribution in [2.75, 3.05) is 11.6 Å². The number of benzene rings is 2. The van der Waals surface area contributed by atoms with Gasteiger partial charge in [0.1, 0.15) is 11.6 Å². The second kappa shape index (κ2) is 11.2. The van der Waals surface area contributed by atoms with Gasteiger partial charge in [-0.05, 0) is 28.3 Å². The van der Waals surface area contributed by atoms with Gasteiger partial charge >= 0.3 is 0 Å². The number of aromatic nitrogens is 6. The molecule has 4 aromatic rings. The van der Waals surface area contributed by atoms with Gasteiger partial charge in [0.25, 0.3) is 0 Å². The largest absolute Gasteiger partial charge is 0.366 e. The van der Waals surface area contributed by atoms with Crippen molar-refractivity contribution in [3.63, 3.8) is 0 Å². The van der Waals surface area contributed by atoms with Crippen LogP contribution in [-0.2, 0) is 29.5 Å². The number of H-pyrrole nitrogens is 1. The van der Waals surface area contributed by atoms with Gasteiger partial charge in [-0.3, -0.25) is 0 Å². The molecule has 0 saturated carbocycles. The Balaban J connectivity index is 1.51. The molecule has 0 aliphatic heterocycles. The standard InChI is InChI=1S/C24H28N8O2S/c1-3-4-9-22-25-15-19(16-27-35(2,33)34)23(28-22)26-14-17-10-12-18(13-11-17)20-7-5-6-8-21(20)24-29-31-32-30-24/h5-8,10-13,15,27H,3-4,9,14,16H2,1-2H3,(H,25,26,28)(H,29,30,31,32). The van der Waals surface area contributed by atoms with E-state index >= 15 is 0 Å². The summed E-state index contributed by atoms with van der Waals surface area (Å²) in [6, 6.07) is 16.1. The lowest BCUT2D eigenvalue weighted by Gasteiger charge is -2.13. The smallest absolute Gasteiger partial charge is 0.209 e. The van der Waals surface area contributed by atoms with Crippen molar-refractivity contribution < 1.29 is 8.42 Å². The first-order valence-corrected chi connectivity index (χ1v) is 13.3. The third kappa shape index (κ3) is 6.67. The molecule has 10 nitrogen and oxygen atoms in total. The SMILES string of the molecule is CCCCc1ncc(CNS(C)(=O)=O)c(NCc2ccc(-c3ccccc3-c3nn[nH]n3)cc2)n1. The van der Waals surface area contributed by atoms with E-state index in [4.69, 9.17) is 0 Å². The molecule has 11 heteroatoms. The van der Waals surface area contributed by atoms with E-state index in [1.165, 1.54) is 0 Å². The number of hydrogen-bond donors (Lipinski definition) is 3. The van der Waals surface area contributed by atoms with Crippen LogP contribution < -0.4 is 10.0 Å². The van der Waals surface area contributed by atoms with Crippen molar-refractivity contribution >= 4 is 15.8 Å². The minimum atomic E-state index is -3.33. The number of unbranched alkanes of at least 4 members (excludes halogenated alkanes) is 1. The summed E-state index contributed by atoms with van der Waals surface area (Å²) in [4.78, 5) is 9.06. The maximum atomic E-state index is 11.6. The molecule has 35 heavy (non-hydrogen) atoms. The van der Waals surface area contributed by atoms with Crippen LogP contribution in [0.15, 0.2) is 54.7 Å². The fourth-order valence-corrected chi connectivity index (χ4v) is 4.00. The van der Waals surface area contributed by atoms with E-state index in [0.717, 1.165) is 53.6 Å². The summed E-state index contributed by atoms with van der Waals surface area (Å²) < 4.78 is 25.6. The van der Waals surface area contributed by atoms with E-state index in [1.807, 2.05) is 36.4 Å². The highest BCUT2D eigenvalue weighted by molar-refractivity contribution is 7.88. The number of tetrazole rings is 1. The summed E-state index contributed by atoms with van der Waals surface area (Å²) in [5, 5.41) is 17.7. The number of sulfonamides is 1. The Morgan fingerprint density at radius 2 is 1.77 bits per heavy atom. The average molecular weight is 493 g/mol. The molecule has 0 radical (unpaired) electrons. The maximum Gasteiger partial charge on any atom is 0.209 e. The first-order chi connectivity index (χ1) is 16.9. The van der Waals surface area contributed by atoms with Gasteiger partial charge in [0.05, 0.1) is 6.26 Å². The highest BCUT2D eigenvalue weighted by Crippen LogP contribution is 2.29. The fraction of sp³-hybridized carbons (Fsp3) is 0.292. The molecular weight excluding hydrogens is 464 g/mol. The Kier molecular flexibility index (Phi) is 7.78. The Labute approximate surface area is 204 Å². The predicted molar refractivity (Wildman–Crippen MR) is 135 cm³/mol. The quantitative estimate of drug-likeness (QED) is 0.290. The number of anilines is 1. The normalized spacial score (nSPS) is 11.5. The maximum absolute atomic E-state index is 11.6. The van der Waals surface area contributed by atoms with E-state index in [0.29, 0.717) is 23.8 Å². The van der Waals surface area contributed by atoms with Gasteiger partial charge in [-0.15, -0.1) is 10.2 Å². The molecule has 0 bridgehead atoms. The average Bonchev–Trinajstić information content (AvgIpc) is 3.40. The highest BCUT2D eigenvalue weighted by Gasteiger charge is 2.12. The van der Waals surface area contributed by atoms with Gasteiger partial charge < -0.3 is 5.32 Å². The van der Waals surface area contributed by atoms with Crippen LogP contribution in [0.2, 0.25) is 0 Å². The molecule has 0 amide bonds. The van der Waals surface area contributed by atoms with Crippen molar-refractivity contribution in [3.8, 4) is 22.5 Å². The number of hydrogen-bond acceptors (Lipinski definition) is 8. The third-order valence-corrected chi connectivity index (χ3v) is 6.10. The van der Waals surface area contributed by atoms with E-state index in [-0.39, 0.29) is 6.54 Å². The van der Waals surface area contributed by atoms with Crippen LogP contribution in [0, 0.1) is 0 Å². The second-order valence-electron chi connectivity index (χ2n) is 8.19. The molecule has 0 atom stereocenters. The van der Waals surface area contributed by atoms with Crippen LogP contribution in [0.4, 0.5) is 5.82 Å². The Morgan fingerprint density at radius 3 is 2.46 bits per heavy atom. The number of nitrogens with one attached hydrogen (secondary N) is 3. The zero-order chi connectivity index (χ0) is 24.7. The lowest BCUT2D eigenvalue weighted by Crippen LogP contribution is -2.22. The zero-order valence-corrected chi connectivity index (χ0v) is 20.5. The van der Waals surface area contributed by atoms with Crippen LogP contribution >= 0.6 is 0 Å². The molecule has 3 N–H and O–H groups in total. The molecule has 0 spiro atoms. The van der Waals surface area contributed by atoms with E-state index in [1.54, 1.807) is 6.20 Å². The fourth-order valence-electron chi connectivity index (χ4n) is 3.58. The summed E-state index contributed by atoms with van der Waals surface area (Å²) in [5.41, 5.74) is 4.70. The first kappa shape index (κ1) is 24.4. The molecule has 2 aromatic carbocycles. The summed E-state index contributed by atoms with van der Waals surface area (Å²) in [7, 11) is -3.33. The molecule has 2 heterocycles. The van der Waals surface area contributed by atoms with Gasteiger partial charge in [-0.2, -0.15) is 5.21 Å². The van der Waals surface area contributed by atoms with Crippen molar-refractivity contribution in [2.24, 2.45) is 0 Å². The van der Waals surface area contributed by atoms with E-state index < -0.39 is 10.0 Å². The van der Waals surface area contributed by atoms with Crippen molar-refractivity contribution in [1.82, 2.24) is 35.3 Å². The van der Waals surface area contributed by atoms with Crippen molar-refractivity contribution in [2.45, 2.75) is 39.3 Å². The van der Waals surface area contributed by atoms with Gasteiger partial charge in [-0.1, -0.05) is 61.9 Å². The van der Waals surface area contributed by atoms with Crippen LogP contribution in [0.25, 0.3) is 22.5 Å². The Hall–Kier alpha value is -3.70. The lowest BCUT2D eigenvalue weighted by molar-refractivity contribution is 0.587. The summed E-state index contributed by atoms with van der Waals surface area (Å²) >= 11 is 0. The van der Waals surface area contributed by atoms with Gasteiger partial charge in [0, 0.05) is 36.8 Å². The summed E-state index contributed by atoms with van der Waals surface area (Å²) in [6.07, 6.45) is 5.64. The Bertz CT molecular complexity index is 1360. The number of nitrogens with zero attached hydrogens (tertiary/aromatic N) is 5. The number of aromatic amines is 1. The van der Waals surface area contributed by atoms with Gasteiger partial charge in [0.15, 0.2) is 0 Å². The Morgan fingerprint density at radius 1 is 1.00 bits per heavy atom. The minimum Gasteiger partial charge on any atom is -0.366 e. The van der Waals surface area contributed by atoms with Crippen LogP contribution in [0.5, 0.6) is 0 Å². The van der Waals surface area contributed by atoms with E-state index in [9.17, 15) is 8.42 Å². The summed E-state index contributed by atoms with van der Waals surface area (Å²) in [6.45, 7) is 2.78. The first-order valence-electron chi connectivity index (χ1n) is 11.4. The minimum absolute atomic E-state index is 0.126. The van der Waals surface area contributed by atoms with Crippen molar-refractivity contribution in [1.29, 1.82) is 0 Å². The lowest BCUT2D eigenvalue weighted by atomic mass is 9.98.